The van der Waals surface area contributed by atoms with Gasteiger partial charge < -0.3 is 4.57 Å². The number of fused-ring (bicyclic) bond motifs is 4. The van der Waals surface area contributed by atoms with Crippen LogP contribution in [0.3, 0.4) is 0 Å². The summed E-state index contributed by atoms with van der Waals surface area (Å²) >= 11 is 0. The van der Waals surface area contributed by atoms with Crippen LogP contribution >= 0.6 is 0 Å². The van der Waals surface area contributed by atoms with E-state index in [0.717, 1.165) is 5.56 Å². The van der Waals surface area contributed by atoms with Crippen LogP contribution in [-0.2, 0) is 0 Å². The molecule has 8 aromatic rings. The van der Waals surface area contributed by atoms with Crippen molar-refractivity contribution in [1.29, 1.82) is 5.26 Å². The highest BCUT2D eigenvalue weighted by molar-refractivity contribution is 6.32. The van der Waals surface area contributed by atoms with Crippen molar-refractivity contribution in [2.45, 2.75) is 0 Å². The molecule has 1 aromatic heterocycles. The summed E-state index contributed by atoms with van der Waals surface area (Å²) in [6.07, 6.45) is 0. The molecule has 0 N–H and O–H groups in total. The van der Waals surface area contributed by atoms with Gasteiger partial charge in [0, 0.05) is 21.8 Å². The van der Waals surface area contributed by atoms with Crippen molar-refractivity contribution < 1.29 is 0 Å². The fourth-order valence-electron chi connectivity index (χ4n) is 6.15. The van der Waals surface area contributed by atoms with Gasteiger partial charge in [0.05, 0.1) is 22.7 Å². The van der Waals surface area contributed by atoms with Gasteiger partial charge in [-0.15, -0.1) is 0 Å². The maximum Gasteiger partial charge on any atom is 0.0991 e. The molecule has 0 aliphatic rings. The van der Waals surface area contributed by atoms with Crippen LogP contribution in [0.5, 0.6) is 0 Å². The molecule has 0 aliphatic heterocycles. The number of hydrogen-bond acceptors (Lipinski definition) is 1. The minimum atomic E-state index is 0.678. The molecular formula is C35H20N2. The molecule has 0 amide bonds. The van der Waals surface area contributed by atoms with Gasteiger partial charge in [0.2, 0.25) is 0 Å². The number of para-hydroxylation sites is 2. The molecule has 2 heteroatoms. The number of nitriles is 1. The van der Waals surface area contributed by atoms with E-state index in [9.17, 15) is 5.26 Å². The molecule has 0 radical (unpaired) electrons. The van der Waals surface area contributed by atoms with E-state index in [1.165, 1.54) is 65.4 Å². The standard InChI is InChI=1S/C35H20N2/c36-21-22-10-12-23(13-11-22)27-17-14-24-15-19-30-34-25(16-18-29(27)33(24)34)20-31-28-8-4-5-9-32(28)37(35(30)31)26-6-2-1-3-7-26/h1-20H. The van der Waals surface area contributed by atoms with Crippen molar-refractivity contribution in [2.24, 2.45) is 0 Å². The molecule has 8 rings (SSSR count). The molecule has 1 heterocycles. The van der Waals surface area contributed by atoms with Gasteiger partial charge in [-0.2, -0.15) is 5.26 Å². The van der Waals surface area contributed by atoms with E-state index in [-0.39, 0.29) is 0 Å². The Balaban J connectivity index is 1.55. The minimum Gasteiger partial charge on any atom is -0.309 e. The van der Waals surface area contributed by atoms with Gasteiger partial charge in [0.15, 0.2) is 0 Å². The Morgan fingerprint density at radius 2 is 1.24 bits per heavy atom. The lowest BCUT2D eigenvalue weighted by Crippen LogP contribution is -1.95. The molecule has 0 fully saturated rings. The average Bonchev–Trinajstić information content (AvgIpc) is 3.30. The molecule has 0 atom stereocenters. The molecule has 0 spiro atoms. The summed E-state index contributed by atoms with van der Waals surface area (Å²) in [5.74, 6) is 0. The van der Waals surface area contributed by atoms with Crippen molar-refractivity contribution in [3.8, 4) is 22.9 Å². The largest absolute Gasteiger partial charge is 0.309 e. The highest BCUT2D eigenvalue weighted by Crippen LogP contribution is 2.44. The highest BCUT2D eigenvalue weighted by Gasteiger charge is 2.19. The molecule has 0 bridgehead atoms. The normalized spacial score (nSPS) is 11.8. The van der Waals surface area contributed by atoms with Crippen LogP contribution in [0.2, 0.25) is 0 Å². The van der Waals surface area contributed by atoms with Gasteiger partial charge in [-0.05, 0) is 74.5 Å². The lowest BCUT2D eigenvalue weighted by molar-refractivity contribution is 1.19. The Hall–Kier alpha value is -5.13. The number of hydrogen-bond donors (Lipinski definition) is 0. The Morgan fingerprint density at radius 3 is 2.08 bits per heavy atom. The fraction of sp³-hybridized carbons (Fsp3) is 0. The second-order valence-electron chi connectivity index (χ2n) is 9.69. The first kappa shape index (κ1) is 20.1. The summed E-state index contributed by atoms with van der Waals surface area (Å²) in [5.41, 5.74) is 6.63. The van der Waals surface area contributed by atoms with Crippen LogP contribution < -0.4 is 0 Å². The van der Waals surface area contributed by atoms with Crippen LogP contribution in [0.1, 0.15) is 5.56 Å². The summed E-state index contributed by atoms with van der Waals surface area (Å²) in [5, 5.41) is 19.4. The third-order valence-corrected chi connectivity index (χ3v) is 7.75. The molecule has 0 aliphatic carbocycles. The Labute approximate surface area is 213 Å². The monoisotopic (exact) mass is 468 g/mol. The predicted octanol–water partition coefficient (Wildman–Crippen LogP) is 9.22. The van der Waals surface area contributed by atoms with Gasteiger partial charge in [0.25, 0.3) is 0 Å². The van der Waals surface area contributed by atoms with E-state index in [1.807, 2.05) is 12.1 Å². The lowest BCUT2D eigenvalue weighted by Gasteiger charge is -2.16. The first-order valence-electron chi connectivity index (χ1n) is 12.5. The van der Waals surface area contributed by atoms with E-state index < -0.39 is 0 Å². The minimum absolute atomic E-state index is 0.678. The zero-order chi connectivity index (χ0) is 24.5. The maximum absolute atomic E-state index is 9.25. The Morgan fingerprint density at radius 1 is 0.541 bits per heavy atom. The summed E-state index contributed by atoms with van der Waals surface area (Å²) in [6.45, 7) is 0. The smallest absolute Gasteiger partial charge is 0.0991 e. The van der Waals surface area contributed by atoms with Crippen molar-refractivity contribution in [3.63, 3.8) is 0 Å². The fourth-order valence-corrected chi connectivity index (χ4v) is 6.15. The first-order valence-corrected chi connectivity index (χ1v) is 12.5. The molecule has 0 unspecified atom stereocenters. The highest BCUT2D eigenvalue weighted by atomic mass is 15.0. The van der Waals surface area contributed by atoms with Gasteiger partial charge in [-0.3, -0.25) is 0 Å². The third kappa shape index (κ3) is 2.74. The van der Waals surface area contributed by atoms with Crippen LogP contribution in [0.25, 0.3) is 70.9 Å². The van der Waals surface area contributed by atoms with Crippen molar-refractivity contribution >= 4 is 54.1 Å². The topological polar surface area (TPSA) is 28.7 Å². The first-order chi connectivity index (χ1) is 18.3. The quantitative estimate of drug-likeness (QED) is 0.232. The SMILES string of the molecule is N#Cc1ccc(-c2ccc3ccc4c5c(ccc2c35)cc2c3ccccc3n(-c3ccccc3)c24)cc1. The van der Waals surface area contributed by atoms with Crippen molar-refractivity contribution in [3.05, 3.63) is 127 Å². The van der Waals surface area contributed by atoms with E-state index in [0.29, 0.717) is 5.56 Å². The van der Waals surface area contributed by atoms with Crippen LogP contribution in [0.4, 0.5) is 0 Å². The number of rotatable bonds is 2. The summed E-state index contributed by atoms with van der Waals surface area (Å²) in [7, 11) is 0. The van der Waals surface area contributed by atoms with Gasteiger partial charge in [-0.1, -0.05) is 84.9 Å². The molecule has 170 valence electrons. The second kappa shape index (κ2) is 7.43. The summed E-state index contributed by atoms with van der Waals surface area (Å²) < 4.78 is 2.41. The van der Waals surface area contributed by atoms with Crippen molar-refractivity contribution in [1.82, 2.24) is 4.57 Å². The zero-order valence-corrected chi connectivity index (χ0v) is 19.9. The van der Waals surface area contributed by atoms with E-state index in [1.54, 1.807) is 0 Å². The number of benzene rings is 7. The average molecular weight is 469 g/mol. The molecule has 2 nitrogen and oxygen atoms in total. The number of aromatic nitrogens is 1. The van der Waals surface area contributed by atoms with Gasteiger partial charge in [0.1, 0.15) is 0 Å². The molecule has 7 aromatic carbocycles. The summed E-state index contributed by atoms with van der Waals surface area (Å²) in [6, 6.07) is 45.4. The van der Waals surface area contributed by atoms with Crippen LogP contribution in [0, 0.1) is 11.3 Å². The van der Waals surface area contributed by atoms with E-state index in [2.05, 4.69) is 120 Å². The Kier molecular flexibility index (Phi) is 4.04. The third-order valence-electron chi connectivity index (χ3n) is 7.75. The Bertz CT molecular complexity index is 2180. The molecule has 37 heavy (non-hydrogen) atoms. The molecule has 0 saturated heterocycles. The zero-order valence-electron chi connectivity index (χ0n) is 19.9. The van der Waals surface area contributed by atoms with Crippen molar-refractivity contribution in [2.75, 3.05) is 0 Å². The number of nitrogens with zero attached hydrogens (tertiary/aromatic N) is 2. The molecule has 0 saturated carbocycles. The van der Waals surface area contributed by atoms with E-state index >= 15 is 0 Å². The predicted molar refractivity (Wildman–Crippen MR) is 155 cm³/mol. The maximum atomic E-state index is 9.25. The van der Waals surface area contributed by atoms with Gasteiger partial charge in [-0.25, -0.2) is 0 Å². The second-order valence-corrected chi connectivity index (χ2v) is 9.69. The van der Waals surface area contributed by atoms with Crippen LogP contribution in [-0.4, -0.2) is 4.57 Å². The van der Waals surface area contributed by atoms with Gasteiger partial charge >= 0.3 is 0 Å². The summed E-state index contributed by atoms with van der Waals surface area (Å²) in [4.78, 5) is 0. The lowest BCUT2D eigenvalue weighted by atomic mass is 9.89. The molecular weight excluding hydrogens is 448 g/mol. The van der Waals surface area contributed by atoms with Crippen LogP contribution in [0.15, 0.2) is 121 Å². The van der Waals surface area contributed by atoms with E-state index in [4.69, 9.17) is 0 Å².